The van der Waals surface area contributed by atoms with Gasteiger partial charge in [-0.3, -0.25) is 4.79 Å². The number of rotatable bonds is 5. The molecule has 0 aromatic carbocycles. The van der Waals surface area contributed by atoms with Crippen molar-refractivity contribution in [1.29, 1.82) is 0 Å². The molecule has 1 amide bonds. The quantitative estimate of drug-likeness (QED) is 0.755. The number of nitrogens with one attached hydrogen (secondary N) is 1. The van der Waals surface area contributed by atoms with Crippen LogP contribution in [0.5, 0.6) is 0 Å². The first-order chi connectivity index (χ1) is 8.36. The molecule has 0 aromatic heterocycles. The highest BCUT2D eigenvalue weighted by molar-refractivity contribution is 7.80. The van der Waals surface area contributed by atoms with Crippen LogP contribution in [0, 0.1) is 17.3 Å². The van der Waals surface area contributed by atoms with E-state index >= 15 is 0 Å². The Morgan fingerprint density at radius 1 is 1.33 bits per heavy atom. The maximum atomic E-state index is 12.1. The van der Waals surface area contributed by atoms with E-state index in [2.05, 4.69) is 12.2 Å². The fraction of sp³-hybridized carbons (Fsp3) is 0.857. The SMILES string of the molecule is CC(C)C(C(=O)NCC1(C)CCCCC1)C(N)=S. The van der Waals surface area contributed by atoms with Gasteiger partial charge in [-0.05, 0) is 24.2 Å². The van der Waals surface area contributed by atoms with Crippen LogP contribution in [-0.4, -0.2) is 17.4 Å². The van der Waals surface area contributed by atoms with Gasteiger partial charge in [-0.2, -0.15) is 0 Å². The lowest BCUT2D eigenvalue weighted by atomic mass is 9.75. The first-order valence-corrected chi connectivity index (χ1v) is 7.33. The minimum absolute atomic E-state index is 0.00991. The molecule has 1 fully saturated rings. The fourth-order valence-corrected chi connectivity index (χ4v) is 3.13. The van der Waals surface area contributed by atoms with Crippen molar-refractivity contribution in [3.8, 4) is 0 Å². The molecule has 1 aliphatic rings. The summed E-state index contributed by atoms with van der Waals surface area (Å²) in [5, 5.41) is 3.05. The van der Waals surface area contributed by atoms with E-state index in [0.29, 0.717) is 4.99 Å². The van der Waals surface area contributed by atoms with Crippen LogP contribution in [0.2, 0.25) is 0 Å². The van der Waals surface area contributed by atoms with Crippen LogP contribution in [-0.2, 0) is 4.79 Å². The Morgan fingerprint density at radius 2 is 1.89 bits per heavy atom. The molecule has 3 nitrogen and oxygen atoms in total. The zero-order chi connectivity index (χ0) is 13.8. The van der Waals surface area contributed by atoms with Crippen LogP contribution in [0.1, 0.15) is 52.9 Å². The van der Waals surface area contributed by atoms with Crippen LogP contribution in [0.4, 0.5) is 0 Å². The first kappa shape index (κ1) is 15.4. The van der Waals surface area contributed by atoms with Gasteiger partial charge in [0.05, 0.1) is 10.9 Å². The van der Waals surface area contributed by atoms with E-state index in [1.807, 2.05) is 13.8 Å². The van der Waals surface area contributed by atoms with E-state index in [0.717, 1.165) is 6.54 Å². The fourth-order valence-electron chi connectivity index (χ4n) is 2.75. The average molecular weight is 270 g/mol. The normalized spacial score (nSPS) is 20.4. The summed E-state index contributed by atoms with van der Waals surface area (Å²) in [5.41, 5.74) is 5.91. The highest BCUT2D eigenvalue weighted by Gasteiger charge is 2.30. The highest BCUT2D eigenvalue weighted by atomic mass is 32.1. The van der Waals surface area contributed by atoms with Gasteiger partial charge < -0.3 is 11.1 Å². The summed E-state index contributed by atoms with van der Waals surface area (Å²) < 4.78 is 0. The summed E-state index contributed by atoms with van der Waals surface area (Å²) in [5.74, 6) is -0.196. The van der Waals surface area contributed by atoms with E-state index in [1.165, 1.54) is 32.1 Å². The Labute approximate surface area is 116 Å². The van der Waals surface area contributed by atoms with Gasteiger partial charge in [-0.1, -0.05) is 52.3 Å². The van der Waals surface area contributed by atoms with Crippen LogP contribution < -0.4 is 11.1 Å². The molecule has 1 aliphatic carbocycles. The monoisotopic (exact) mass is 270 g/mol. The molecular weight excluding hydrogens is 244 g/mol. The molecule has 4 heteroatoms. The largest absolute Gasteiger partial charge is 0.393 e. The van der Waals surface area contributed by atoms with Crippen molar-refractivity contribution in [1.82, 2.24) is 5.32 Å². The van der Waals surface area contributed by atoms with Crippen molar-refractivity contribution in [2.45, 2.75) is 52.9 Å². The second-order valence-electron chi connectivity index (χ2n) is 6.21. The summed E-state index contributed by atoms with van der Waals surface area (Å²) in [6.45, 7) is 6.96. The lowest BCUT2D eigenvalue weighted by Crippen LogP contribution is -2.44. The Bertz CT molecular complexity index is 309. The summed E-state index contributed by atoms with van der Waals surface area (Å²) in [4.78, 5) is 12.4. The lowest BCUT2D eigenvalue weighted by Gasteiger charge is -2.34. The molecule has 0 aliphatic heterocycles. The second kappa shape index (κ2) is 6.50. The van der Waals surface area contributed by atoms with Gasteiger partial charge in [0.25, 0.3) is 0 Å². The molecule has 1 unspecified atom stereocenters. The van der Waals surface area contributed by atoms with E-state index < -0.39 is 0 Å². The first-order valence-electron chi connectivity index (χ1n) is 6.93. The maximum absolute atomic E-state index is 12.1. The minimum Gasteiger partial charge on any atom is -0.393 e. The molecule has 1 rings (SSSR count). The van der Waals surface area contributed by atoms with Crippen molar-refractivity contribution in [2.24, 2.45) is 23.0 Å². The molecule has 0 radical (unpaired) electrons. The number of thiocarbonyl (C=S) groups is 1. The molecule has 0 aromatic rings. The van der Waals surface area contributed by atoms with Crippen molar-refractivity contribution in [3.63, 3.8) is 0 Å². The number of carbonyl (C=O) groups excluding carboxylic acids is 1. The smallest absolute Gasteiger partial charge is 0.230 e. The number of hydrogen-bond acceptors (Lipinski definition) is 2. The van der Waals surface area contributed by atoms with Crippen molar-refractivity contribution >= 4 is 23.1 Å². The van der Waals surface area contributed by atoms with Crippen molar-refractivity contribution < 1.29 is 4.79 Å². The predicted octanol–water partition coefficient (Wildman–Crippen LogP) is 2.63. The average Bonchev–Trinajstić information content (AvgIpc) is 2.26. The maximum Gasteiger partial charge on any atom is 0.230 e. The van der Waals surface area contributed by atoms with E-state index in [4.69, 9.17) is 18.0 Å². The summed E-state index contributed by atoms with van der Waals surface area (Å²) in [7, 11) is 0. The van der Waals surface area contributed by atoms with Gasteiger partial charge in [0.15, 0.2) is 0 Å². The molecular formula is C14H26N2OS. The Kier molecular flexibility index (Phi) is 5.57. The van der Waals surface area contributed by atoms with E-state index in [1.54, 1.807) is 0 Å². The van der Waals surface area contributed by atoms with Crippen LogP contribution in [0.25, 0.3) is 0 Å². The van der Waals surface area contributed by atoms with Gasteiger partial charge in [-0.25, -0.2) is 0 Å². The highest BCUT2D eigenvalue weighted by Crippen LogP contribution is 2.35. The van der Waals surface area contributed by atoms with Gasteiger partial charge in [0, 0.05) is 6.54 Å². The standard InChI is InChI=1S/C14H26N2OS/c1-10(2)11(12(15)18)13(17)16-9-14(3)7-5-4-6-8-14/h10-11H,4-9H2,1-3H3,(H2,15,18)(H,16,17). The van der Waals surface area contributed by atoms with Gasteiger partial charge >= 0.3 is 0 Å². The predicted molar refractivity (Wildman–Crippen MR) is 79.3 cm³/mol. The zero-order valence-electron chi connectivity index (χ0n) is 11.8. The summed E-state index contributed by atoms with van der Waals surface area (Å²) >= 11 is 4.98. The molecule has 18 heavy (non-hydrogen) atoms. The van der Waals surface area contributed by atoms with E-state index in [9.17, 15) is 4.79 Å². The van der Waals surface area contributed by atoms with Crippen molar-refractivity contribution in [2.75, 3.05) is 6.54 Å². The molecule has 1 atom stereocenters. The van der Waals surface area contributed by atoms with Gasteiger partial charge in [0.1, 0.15) is 0 Å². The Balaban J connectivity index is 2.51. The van der Waals surface area contributed by atoms with Crippen molar-refractivity contribution in [3.05, 3.63) is 0 Å². The minimum atomic E-state index is -0.341. The molecule has 104 valence electrons. The number of amides is 1. The number of nitrogens with two attached hydrogens (primary N) is 1. The Hall–Kier alpha value is -0.640. The van der Waals surface area contributed by atoms with Crippen LogP contribution >= 0.6 is 12.2 Å². The molecule has 0 spiro atoms. The van der Waals surface area contributed by atoms with Crippen LogP contribution in [0.3, 0.4) is 0 Å². The number of carbonyl (C=O) groups is 1. The summed E-state index contributed by atoms with van der Waals surface area (Å²) in [6, 6.07) is 0. The number of hydrogen-bond donors (Lipinski definition) is 2. The second-order valence-corrected chi connectivity index (χ2v) is 6.68. The third kappa shape index (κ3) is 4.23. The molecule has 3 N–H and O–H groups in total. The molecule has 1 saturated carbocycles. The van der Waals surface area contributed by atoms with Crippen LogP contribution in [0.15, 0.2) is 0 Å². The topological polar surface area (TPSA) is 55.1 Å². The lowest BCUT2D eigenvalue weighted by molar-refractivity contribution is -0.124. The molecule has 0 saturated heterocycles. The zero-order valence-corrected chi connectivity index (χ0v) is 12.6. The van der Waals surface area contributed by atoms with Gasteiger partial charge in [0.2, 0.25) is 5.91 Å². The summed E-state index contributed by atoms with van der Waals surface area (Å²) in [6.07, 6.45) is 6.27. The Morgan fingerprint density at radius 3 is 2.33 bits per heavy atom. The molecule has 0 heterocycles. The molecule has 0 bridgehead atoms. The third-order valence-corrected chi connectivity index (χ3v) is 4.26. The third-order valence-electron chi connectivity index (χ3n) is 4.01. The van der Waals surface area contributed by atoms with E-state index in [-0.39, 0.29) is 23.2 Å². The van der Waals surface area contributed by atoms with Gasteiger partial charge in [-0.15, -0.1) is 0 Å².